The van der Waals surface area contributed by atoms with Crippen LogP contribution < -0.4 is 10.6 Å². The molecule has 2 amide bonds. The zero-order valence-electron chi connectivity index (χ0n) is 16.2. The summed E-state index contributed by atoms with van der Waals surface area (Å²) >= 11 is 0. The van der Waals surface area contributed by atoms with E-state index in [0.717, 1.165) is 6.42 Å². The molecule has 3 rings (SSSR count). The molecule has 0 atom stereocenters. The molecule has 1 heterocycles. The fourth-order valence-corrected chi connectivity index (χ4v) is 2.71. The smallest absolute Gasteiger partial charge is 0.274 e. The Morgan fingerprint density at radius 1 is 0.793 bits per heavy atom. The van der Waals surface area contributed by atoms with Crippen LogP contribution in [0.2, 0.25) is 0 Å². The van der Waals surface area contributed by atoms with Crippen LogP contribution in [0.4, 0.5) is 11.4 Å². The van der Waals surface area contributed by atoms with Crippen LogP contribution in [0.1, 0.15) is 50.6 Å². The molecule has 2 N–H and O–H groups in total. The van der Waals surface area contributed by atoms with Gasteiger partial charge in [0.2, 0.25) is 0 Å². The number of hydrogen-bond donors (Lipinski definition) is 2. The molecule has 0 fully saturated rings. The van der Waals surface area contributed by atoms with E-state index in [-0.39, 0.29) is 17.4 Å². The number of carbonyl (C=O) groups is 3. The number of hydrogen-bond acceptors (Lipinski definition) is 4. The molecule has 0 radical (unpaired) electrons. The SMILES string of the molecule is CCc1ccc(NC(=O)c2ccnc(C(=O)Nc3ccc(C(C)=O)cc3)c2)cc1. The normalized spacial score (nSPS) is 10.3. The summed E-state index contributed by atoms with van der Waals surface area (Å²) in [6.45, 7) is 3.54. The molecule has 0 saturated heterocycles. The lowest BCUT2D eigenvalue weighted by Gasteiger charge is -2.08. The Labute approximate surface area is 169 Å². The Hall–Kier alpha value is -3.80. The molecular weight excluding hydrogens is 366 g/mol. The van der Waals surface area contributed by atoms with Gasteiger partial charge in [-0.1, -0.05) is 19.1 Å². The number of aromatic nitrogens is 1. The highest BCUT2D eigenvalue weighted by atomic mass is 16.2. The fourth-order valence-electron chi connectivity index (χ4n) is 2.71. The van der Waals surface area contributed by atoms with Gasteiger partial charge in [-0.05, 0) is 67.4 Å². The fraction of sp³-hybridized carbons (Fsp3) is 0.130. The molecule has 0 aliphatic carbocycles. The van der Waals surface area contributed by atoms with Gasteiger partial charge in [-0.15, -0.1) is 0 Å². The molecule has 0 aliphatic heterocycles. The summed E-state index contributed by atoms with van der Waals surface area (Å²) in [5.41, 5.74) is 3.41. The number of carbonyl (C=O) groups excluding carboxylic acids is 3. The predicted molar refractivity (Wildman–Crippen MR) is 112 cm³/mol. The molecule has 2 aromatic carbocycles. The molecule has 0 bridgehead atoms. The van der Waals surface area contributed by atoms with Crippen LogP contribution in [-0.4, -0.2) is 22.6 Å². The Balaban J connectivity index is 1.69. The number of ketones is 1. The number of rotatable bonds is 6. The maximum atomic E-state index is 12.5. The molecule has 1 aromatic heterocycles. The van der Waals surface area contributed by atoms with Crippen molar-refractivity contribution in [2.24, 2.45) is 0 Å². The van der Waals surface area contributed by atoms with E-state index in [1.807, 2.05) is 24.3 Å². The zero-order chi connectivity index (χ0) is 20.8. The molecule has 3 aromatic rings. The minimum Gasteiger partial charge on any atom is -0.322 e. The zero-order valence-corrected chi connectivity index (χ0v) is 16.2. The van der Waals surface area contributed by atoms with Crippen LogP contribution in [0.5, 0.6) is 0 Å². The van der Waals surface area contributed by atoms with E-state index in [9.17, 15) is 14.4 Å². The van der Waals surface area contributed by atoms with Crippen molar-refractivity contribution < 1.29 is 14.4 Å². The van der Waals surface area contributed by atoms with Crippen LogP contribution in [0, 0.1) is 0 Å². The second kappa shape index (κ2) is 8.93. The number of aryl methyl sites for hydroxylation is 1. The highest BCUT2D eigenvalue weighted by Crippen LogP contribution is 2.14. The van der Waals surface area contributed by atoms with Crippen LogP contribution >= 0.6 is 0 Å². The molecule has 6 heteroatoms. The number of Topliss-reactive ketones (excluding diaryl/α,β-unsaturated/α-hetero) is 1. The van der Waals surface area contributed by atoms with Crippen molar-refractivity contribution in [2.45, 2.75) is 20.3 Å². The van der Waals surface area contributed by atoms with Crippen molar-refractivity contribution in [1.29, 1.82) is 0 Å². The number of amides is 2. The Kier molecular flexibility index (Phi) is 6.14. The molecule has 29 heavy (non-hydrogen) atoms. The first-order valence-electron chi connectivity index (χ1n) is 9.25. The van der Waals surface area contributed by atoms with E-state index in [1.54, 1.807) is 30.3 Å². The van der Waals surface area contributed by atoms with Gasteiger partial charge in [-0.25, -0.2) is 0 Å². The van der Waals surface area contributed by atoms with Gasteiger partial charge in [0.1, 0.15) is 5.69 Å². The van der Waals surface area contributed by atoms with Gasteiger partial charge in [0, 0.05) is 28.7 Å². The molecule has 0 saturated carbocycles. The number of anilines is 2. The van der Waals surface area contributed by atoms with E-state index in [4.69, 9.17) is 0 Å². The lowest BCUT2D eigenvalue weighted by molar-refractivity contribution is 0.101. The highest BCUT2D eigenvalue weighted by molar-refractivity contribution is 6.08. The van der Waals surface area contributed by atoms with Gasteiger partial charge in [0.25, 0.3) is 11.8 Å². The van der Waals surface area contributed by atoms with Crippen molar-refractivity contribution in [3.63, 3.8) is 0 Å². The van der Waals surface area contributed by atoms with Gasteiger partial charge in [-0.2, -0.15) is 0 Å². The van der Waals surface area contributed by atoms with Gasteiger partial charge < -0.3 is 10.6 Å². The molecule has 0 spiro atoms. The maximum absolute atomic E-state index is 12.5. The topological polar surface area (TPSA) is 88.2 Å². The van der Waals surface area contributed by atoms with Crippen molar-refractivity contribution in [3.8, 4) is 0 Å². The highest BCUT2D eigenvalue weighted by Gasteiger charge is 2.13. The van der Waals surface area contributed by atoms with E-state index in [1.165, 1.54) is 24.8 Å². The lowest BCUT2D eigenvalue weighted by atomic mass is 10.1. The van der Waals surface area contributed by atoms with Gasteiger partial charge >= 0.3 is 0 Å². The van der Waals surface area contributed by atoms with Crippen molar-refractivity contribution in [3.05, 3.63) is 89.2 Å². The average Bonchev–Trinajstić information content (AvgIpc) is 2.74. The largest absolute Gasteiger partial charge is 0.322 e. The van der Waals surface area contributed by atoms with Crippen molar-refractivity contribution in [1.82, 2.24) is 4.98 Å². The number of nitrogens with zero attached hydrogens (tertiary/aromatic N) is 1. The lowest BCUT2D eigenvalue weighted by Crippen LogP contribution is -2.17. The first-order valence-corrected chi connectivity index (χ1v) is 9.25. The minimum atomic E-state index is -0.442. The van der Waals surface area contributed by atoms with Crippen LogP contribution in [-0.2, 0) is 6.42 Å². The third-order valence-corrected chi connectivity index (χ3v) is 4.42. The molecular formula is C23H21N3O3. The Morgan fingerprint density at radius 2 is 1.38 bits per heavy atom. The number of benzene rings is 2. The summed E-state index contributed by atoms with van der Waals surface area (Å²) in [7, 11) is 0. The summed E-state index contributed by atoms with van der Waals surface area (Å²) in [5, 5.41) is 5.52. The summed E-state index contributed by atoms with van der Waals surface area (Å²) < 4.78 is 0. The van der Waals surface area contributed by atoms with Gasteiger partial charge in [0.05, 0.1) is 0 Å². The summed E-state index contributed by atoms with van der Waals surface area (Å²) in [6, 6.07) is 17.2. The van der Waals surface area contributed by atoms with Crippen molar-refractivity contribution in [2.75, 3.05) is 10.6 Å². The monoisotopic (exact) mass is 387 g/mol. The van der Waals surface area contributed by atoms with Gasteiger partial charge in [-0.3, -0.25) is 19.4 Å². The second-order valence-electron chi connectivity index (χ2n) is 6.52. The van der Waals surface area contributed by atoms with E-state index >= 15 is 0 Å². The summed E-state index contributed by atoms with van der Waals surface area (Å²) in [5.74, 6) is -0.813. The molecule has 6 nitrogen and oxygen atoms in total. The standard InChI is InChI=1S/C23H21N3O3/c1-3-16-4-8-19(9-5-16)25-22(28)18-12-13-24-21(14-18)23(29)26-20-10-6-17(7-11-20)15(2)27/h4-14H,3H2,1-2H3,(H,25,28)(H,26,29). The second-order valence-corrected chi connectivity index (χ2v) is 6.52. The first-order chi connectivity index (χ1) is 14.0. The number of nitrogens with one attached hydrogen (secondary N) is 2. The molecule has 0 unspecified atom stereocenters. The van der Waals surface area contributed by atoms with E-state index < -0.39 is 5.91 Å². The predicted octanol–water partition coefficient (Wildman–Crippen LogP) is 4.35. The van der Waals surface area contributed by atoms with Crippen LogP contribution in [0.25, 0.3) is 0 Å². The van der Waals surface area contributed by atoms with E-state index in [0.29, 0.717) is 22.5 Å². The third kappa shape index (κ3) is 5.13. The van der Waals surface area contributed by atoms with Crippen LogP contribution in [0.3, 0.4) is 0 Å². The molecule has 0 aliphatic rings. The maximum Gasteiger partial charge on any atom is 0.274 e. The minimum absolute atomic E-state index is 0.0485. The number of pyridine rings is 1. The summed E-state index contributed by atoms with van der Waals surface area (Å²) in [6.07, 6.45) is 2.34. The van der Waals surface area contributed by atoms with E-state index in [2.05, 4.69) is 22.5 Å². The average molecular weight is 387 g/mol. The van der Waals surface area contributed by atoms with Gasteiger partial charge in [0.15, 0.2) is 5.78 Å². The quantitative estimate of drug-likeness (QED) is 0.616. The summed E-state index contributed by atoms with van der Waals surface area (Å²) in [4.78, 5) is 40.3. The Morgan fingerprint density at radius 3 is 1.97 bits per heavy atom. The molecule has 146 valence electrons. The van der Waals surface area contributed by atoms with Crippen molar-refractivity contribution >= 4 is 29.0 Å². The van der Waals surface area contributed by atoms with Crippen LogP contribution in [0.15, 0.2) is 66.9 Å². The first kappa shape index (κ1) is 19.9. The Bertz CT molecular complexity index is 1040. The third-order valence-electron chi connectivity index (χ3n) is 4.42.